The summed E-state index contributed by atoms with van der Waals surface area (Å²) < 4.78 is 11.3. The molecule has 4 rings (SSSR count). The molecule has 0 spiro atoms. The molecule has 0 saturated heterocycles. The molecule has 0 fully saturated rings. The number of aryl methyl sites for hydroxylation is 2. The van der Waals surface area contributed by atoms with Crippen molar-refractivity contribution in [3.05, 3.63) is 100 Å². The number of esters is 1. The molecule has 1 unspecified atom stereocenters. The van der Waals surface area contributed by atoms with Crippen molar-refractivity contribution in [1.29, 1.82) is 0 Å². The van der Waals surface area contributed by atoms with Crippen LogP contribution in [-0.4, -0.2) is 11.8 Å². The van der Waals surface area contributed by atoms with E-state index in [0.717, 1.165) is 12.0 Å². The monoisotopic (exact) mass is 432 g/mol. The molecule has 0 radical (unpaired) electrons. The predicted octanol–water partition coefficient (Wildman–Crippen LogP) is 6.06. The predicted molar refractivity (Wildman–Crippen MR) is 121 cm³/mol. The maximum Gasteiger partial charge on any atom is 0.334 e. The Morgan fingerprint density at radius 1 is 1.10 bits per heavy atom. The number of ketones is 1. The van der Waals surface area contributed by atoms with Gasteiger partial charge in [-0.05, 0) is 47.7 Å². The Hall–Kier alpha value is -3.37. The first-order valence-corrected chi connectivity index (χ1v) is 10.5. The number of carbonyl (C=O) groups is 2. The molecular formula is C26H21ClO4. The summed E-state index contributed by atoms with van der Waals surface area (Å²) in [6, 6.07) is 20.1. The fourth-order valence-corrected chi connectivity index (χ4v) is 3.65. The van der Waals surface area contributed by atoms with E-state index < -0.39 is 11.3 Å². The molecule has 4 nitrogen and oxygen atoms in total. The smallest absolute Gasteiger partial charge is 0.334 e. The lowest BCUT2D eigenvalue weighted by atomic mass is 10.0. The van der Waals surface area contributed by atoms with Crippen LogP contribution in [-0.2, 0) is 11.2 Å². The molecule has 3 aromatic rings. The van der Waals surface area contributed by atoms with E-state index in [-0.39, 0.29) is 17.3 Å². The minimum atomic E-state index is -0.932. The number of rotatable bonds is 5. The molecule has 156 valence electrons. The maximum atomic E-state index is 12.8. The van der Waals surface area contributed by atoms with E-state index >= 15 is 0 Å². The van der Waals surface area contributed by atoms with Gasteiger partial charge < -0.3 is 9.47 Å². The molecule has 1 heterocycles. The van der Waals surface area contributed by atoms with Crippen LogP contribution in [0.3, 0.4) is 0 Å². The molecule has 5 heteroatoms. The summed E-state index contributed by atoms with van der Waals surface area (Å²) in [7, 11) is 0. The zero-order valence-corrected chi connectivity index (χ0v) is 18.0. The van der Waals surface area contributed by atoms with E-state index in [9.17, 15) is 9.59 Å². The van der Waals surface area contributed by atoms with E-state index in [4.69, 9.17) is 21.1 Å². The fourth-order valence-electron chi connectivity index (χ4n) is 3.46. The summed E-state index contributed by atoms with van der Waals surface area (Å²) in [5.74, 6) is 0.109. The first-order valence-electron chi connectivity index (χ1n) is 10.0. The van der Waals surface area contributed by atoms with Crippen LogP contribution in [0.1, 0.15) is 44.9 Å². The summed E-state index contributed by atoms with van der Waals surface area (Å²) in [6.45, 7) is 3.87. The second kappa shape index (κ2) is 8.78. The van der Waals surface area contributed by atoms with Crippen LogP contribution in [0.25, 0.3) is 6.08 Å². The third kappa shape index (κ3) is 4.39. The number of hydrogen-bond donors (Lipinski definition) is 0. The number of Topliss-reactive ketones (excluding diaryl/α,β-unsaturated/α-hetero) is 1. The highest BCUT2D eigenvalue weighted by atomic mass is 35.5. The van der Waals surface area contributed by atoms with Crippen LogP contribution in [0.15, 0.2) is 72.5 Å². The number of fused-ring (bicyclic) bond motifs is 1. The van der Waals surface area contributed by atoms with Crippen molar-refractivity contribution >= 4 is 29.4 Å². The highest BCUT2D eigenvalue weighted by Crippen LogP contribution is 2.38. The number of allylic oxidation sites excluding steroid dienone is 1. The number of hydrogen-bond acceptors (Lipinski definition) is 4. The third-order valence-electron chi connectivity index (χ3n) is 5.15. The van der Waals surface area contributed by atoms with Gasteiger partial charge in [0.1, 0.15) is 11.5 Å². The zero-order valence-electron chi connectivity index (χ0n) is 17.2. The van der Waals surface area contributed by atoms with Crippen molar-refractivity contribution in [2.45, 2.75) is 25.6 Å². The highest BCUT2D eigenvalue weighted by Gasteiger charge is 2.30. The van der Waals surface area contributed by atoms with Gasteiger partial charge in [0.25, 0.3) is 0 Å². The summed E-state index contributed by atoms with van der Waals surface area (Å²) in [6.07, 6.45) is 2.67. The van der Waals surface area contributed by atoms with Crippen molar-refractivity contribution in [2.24, 2.45) is 0 Å². The fraction of sp³-hybridized carbons (Fsp3) is 0.154. The molecule has 1 atom stereocenters. The number of halogens is 1. The van der Waals surface area contributed by atoms with Gasteiger partial charge in [-0.15, -0.1) is 11.6 Å². The van der Waals surface area contributed by atoms with E-state index in [1.165, 1.54) is 5.56 Å². The molecule has 1 aliphatic heterocycles. The van der Waals surface area contributed by atoms with Crippen molar-refractivity contribution in [3.8, 4) is 11.5 Å². The lowest BCUT2D eigenvalue weighted by Crippen LogP contribution is -2.14. The lowest BCUT2D eigenvalue weighted by Gasteiger charge is -2.11. The normalized spacial score (nSPS) is 14.8. The van der Waals surface area contributed by atoms with Gasteiger partial charge >= 0.3 is 5.97 Å². The van der Waals surface area contributed by atoms with Gasteiger partial charge in [-0.2, -0.15) is 0 Å². The number of alkyl halides is 1. The summed E-state index contributed by atoms with van der Waals surface area (Å²) in [5, 5.41) is -0.932. The standard InChI is InChI=1S/C26H21ClO4/c1-3-17-9-11-18(12-10-17)14-22-25(28)23-16(2)13-20(15-21(23)31-22)30-26(29)24(27)19-7-5-4-6-8-19/h4-15,24H,3H2,1-2H3/b22-14-. The van der Waals surface area contributed by atoms with Crippen LogP contribution in [0.2, 0.25) is 0 Å². The quantitative estimate of drug-likeness (QED) is 0.213. The minimum Gasteiger partial charge on any atom is -0.452 e. The second-order valence-corrected chi connectivity index (χ2v) is 7.78. The summed E-state index contributed by atoms with van der Waals surface area (Å²) >= 11 is 6.25. The zero-order chi connectivity index (χ0) is 22.0. The first kappa shape index (κ1) is 20.9. The Labute approximate surface area is 186 Å². The Balaban J connectivity index is 1.55. The van der Waals surface area contributed by atoms with Crippen molar-refractivity contribution in [2.75, 3.05) is 0 Å². The molecule has 0 amide bonds. The van der Waals surface area contributed by atoms with E-state index in [1.807, 2.05) is 30.3 Å². The van der Waals surface area contributed by atoms with Gasteiger partial charge in [0, 0.05) is 6.07 Å². The highest BCUT2D eigenvalue weighted by molar-refractivity contribution is 6.30. The Bertz CT molecular complexity index is 1160. The minimum absolute atomic E-state index is 0.190. The SMILES string of the molecule is CCc1ccc(/C=C2\Oc3cc(OC(=O)C(Cl)c4ccccc4)cc(C)c3C2=O)cc1. The average Bonchev–Trinajstić information content (AvgIpc) is 3.09. The second-order valence-electron chi connectivity index (χ2n) is 7.34. The number of benzene rings is 3. The van der Waals surface area contributed by atoms with E-state index in [2.05, 4.69) is 6.92 Å². The average molecular weight is 433 g/mol. The Kier molecular flexibility index (Phi) is 5.92. The largest absolute Gasteiger partial charge is 0.452 e. The van der Waals surface area contributed by atoms with Gasteiger partial charge in [-0.25, -0.2) is 4.79 Å². The third-order valence-corrected chi connectivity index (χ3v) is 5.58. The molecule has 31 heavy (non-hydrogen) atoms. The van der Waals surface area contributed by atoms with Gasteiger partial charge in [-0.1, -0.05) is 61.5 Å². The number of carbonyl (C=O) groups excluding carboxylic acids is 2. The van der Waals surface area contributed by atoms with E-state index in [1.54, 1.807) is 49.4 Å². The van der Waals surface area contributed by atoms with Gasteiger partial charge in [-0.3, -0.25) is 4.79 Å². The van der Waals surface area contributed by atoms with Crippen LogP contribution in [0, 0.1) is 6.92 Å². The molecule has 0 N–H and O–H groups in total. The Morgan fingerprint density at radius 3 is 2.48 bits per heavy atom. The van der Waals surface area contributed by atoms with Crippen LogP contribution < -0.4 is 9.47 Å². The van der Waals surface area contributed by atoms with Gasteiger partial charge in [0.2, 0.25) is 5.78 Å². The van der Waals surface area contributed by atoms with Crippen molar-refractivity contribution in [3.63, 3.8) is 0 Å². The lowest BCUT2D eigenvalue weighted by molar-refractivity contribution is -0.134. The van der Waals surface area contributed by atoms with E-state index in [0.29, 0.717) is 22.4 Å². The topological polar surface area (TPSA) is 52.6 Å². The van der Waals surface area contributed by atoms with Gasteiger partial charge in [0.15, 0.2) is 11.1 Å². The van der Waals surface area contributed by atoms with Crippen molar-refractivity contribution < 1.29 is 19.1 Å². The molecule has 3 aromatic carbocycles. The molecule has 0 aliphatic carbocycles. The molecule has 0 saturated carbocycles. The molecular weight excluding hydrogens is 412 g/mol. The first-order chi connectivity index (χ1) is 15.0. The molecule has 1 aliphatic rings. The van der Waals surface area contributed by atoms with Crippen LogP contribution in [0.4, 0.5) is 0 Å². The Morgan fingerprint density at radius 2 is 1.81 bits per heavy atom. The summed E-state index contributed by atoms with van der Waals surface area (Å²) in [4.78, 5) is 25.3. The van der Waals surface area contributed by atoms with Crippen LogP contribution >= 0.6 is 11.6 Å². The van der Waals surface area contributed by atoms with Crippen molar-refractivity contribution in [1.82, 2.24) is 0 Å². The molecule has 0 bridgehead atoms. The number of ether oxygens (including phenoxy) is 2. The maximum absolute atomic E-state index is 12.8. The van der Waals surface area contributed by atoms with Crippen LogP contribution in [0.5, 0.6) is 11.5 Å². The molecule has 0 aromatic heterocycles. The summed E-state index contributed by atoms with van der Waals surface area (Å²) in [5.41, 5.74) is 3.89. The van der Waals surface area contributed by atoms with Gasteiger partial charge in [0.05, 0.1) is 5.56 Å².